The van der Waals surface area contributed by atoms with E-state index in [1.54, 1.807) is 30.4 Å². The van der Waals surface area contributed by atoms with E-state index in [4.69, 9.17) is 21.2 Å². The van der Waals surface area contributed by atoms with Crippen LogP contribution in [0.25, 0.3) is 0 Å². The van der Waals surface area contributed by atoms with Gasteiger partial charge < -0.3 is 20.3 Å². The van der Waals surface area contributed by atoms with Crippen LogP contribution in [0.1, 0.15) is 57.6 Å². The maximum absolute atomic E-state index is 13.9. The molecule has 1 amide bonds. The van der Waals surface area contributed by atoms with Crippen molar-refractivity contribution in [3.8, 4) is 5.75 Å². The second kappa shape index (κ2) is 14.3. The second-order valence-electron chi connectivity index (χ2n) is 14.2. The summed E-state index contributed by atoms with van der Waals surface area (Å²) in [6.07, 6.45) is 8.18. The molecule has 0 radical (unpaired) electrons. The number of carbonyl (C=O) groups excluding carboxylic acids is 1. The number of hydrogen-bond acceptors (Lipinski definition) is 10. The normalized spacial score (nSPS) is 21.7. The van der Waals surface area contributed by atoms with E-state index in [0.29, 0.717) is 47.8 Å². The lowest BCUT2D eigenvalue weighted by molar-refractivity contribution is -0.111. The number of hydroxylamine groups is 1. The molecule has 2 aromatic carbocycles. The maximum Gasteiger partial charge on any atom is 0.247 e. The van der Waals surface area contributed by atoms with Crippen LogP contribution in [0.15, 0.2) is 55.4 Å². The van der Waals surface area contributed by atoms with Gasteiger partial charge in [-0.1, -0.05) is 24.2 Å². The minimum absolute atomic E-state index is 0.0601. The van der Waals surface area contributed by atoms with E-state index >= 15 is 0 Å². The fourth-order valence-corrected chi connectivity index (χ4v) is 8.01. The largest absolute Gasteiger partial charge is 0.494 e. The molecule has 4 aliphatic rings. The Labute approximate surface area is 298 Å². The molecule has 3 aromatic rings. The number of amides is 1. The molecule has 4 heterocycles. The molecule has 1 aliphatic carbocycles. The molecule has 0 unspecified atom stereocenters. The number of nitrogens with zero attached hydrogens (tertiary/aromatic N) is 6. The van der Waals surface area contributed by atoms with Crippen molar-refractivity contribution < 1.29 is 18.8 Å². The molecule has 1 aromatic heterocycles. The second-order valence-corrected chi connectivity index (χ2v) is 14.6. The lowest BCUT2D eigenvalue weighted by atomic mass is 9.94. The van der Waals surface area contributed by atoms with Gasteiger partial charge in [-0.05, 0) is 69.4 Å². The van der Waals surface area contributed by atoms with Crippen LogP contribution >= 0.6 is 11.6 Å². The van der Waals surface area contributed by atoms with E-state index in [1.165, 1.54) is 31.3 Å². The zero-order valence-corrected chi connectivity index (χ0v) is 29.8. The van der Waals surface area contributed by atoms with Crippen LogP contribution in [0.2, 0.25) is 5.02 Å². The van der Waals surface area contributed by atoms with Crippen molar-refractivity contribution in [1.82, 2.24) is 19.8 Å². The molecule has 50 heavy (non-hydrogen) atoms. The van der Waals surface area contributed by atoms with Gasteiger partial charge in [-0.2, -0.15) is 0 Å². The molecule has 1 atom stereocenters. The highest BCUT2D eigenvalue weighted by Crippen LogP contribution is 2.42. The number of ether oxygens (including phenoxy) is 1. The highest BCUT2D eigenvalue weighted by Gasteiger charge is 2.43. The zero-order chi connectivity index (χ0) is 35.0. The molecule has 1 saturated carbocycles. The van der Waals surface area contributed by atoms with E-state index in [2.05, 4.69) is 55.7 Å². The number of piperazine rings is 1. The number of hydrogen-bond donors (Lipinski definition) is 2. The molecular weight excluding hydrogens is 659 g/mol. The Hall–Kier alpha value is -3.97. The van der Waals surface area contributed by atoms with Crippen LogP contribution in [-0.2, 0) is 9.63 Å². The summed E-state index contributed by atoms with van der Waals surface area (Å²) in [5.74, 6) is 0.869. The molecule has 13 heteroatoms. The third-order valence-corrected chi connectivity index (χ3v) is 10.7. The smallest absolute Gasteiger partial charge is 0.247 e. The molecule has 266 valence electrons. The van der Waals surface area contributed by atoms with Crippen LogP contribution in [-0.4, -0.2) is 89.7 Å². The van der Waals surface area contributed by atoms with E-state index in [9.17, 15) is 9.18 Å². The number of aromatic nitrogens is 2. The predicted molar refractivity (Wildman–Crippen MR) is 195 cm³/mol. The van der Waals surface area contributed by atoms with Gasteiger partial charge in [0.25, 0.3) is 0 Å². The van der Waals surface area contributed by atoms with Crippen LogP contribution in [0.4, 0.5) is 33.1 Å². The van der Waals surface area contributed by atoms with Gasteiger partial charge in [-0.25, -0.2) is 19.4 Å². The number of nitrogens with one attached hydrogen (secondary N) is 2. The molecule has 11 nitrogen and oxygen atoms in total. The van der Waals surface area contributed by atoms with E-state index < -0.39 is 5.82 Å². The Balaban J connectivity index is 1.08. The average Bonchev–Trinajstić information content (AvgIpc) is 3.83. The molecule has 3 aliphatic heterocycles. The molecule has 3 saturated heterocycles. The van der Waals surface area contributed by atoms with Crippen LogP contribution in [0.3, 0.4) is 0 Å². The SMILES string of the molecule is C=CC(=O)Nc1cc(Nc2cc(N3OCC[C@@H]3c3ccc(F)c(Cl)c3)ncn2)c(OC)cc1N1CCC(N2CCN(C3CC3)C(C)(C)C2)CC1. The van der Waals surface area contributed by atoms with Crippen molar-refractivity contribution >= 4 is 46.2 Å². The summed E-state index contributed by atoms with van der Waals surface area (Å²) in [6, 6.07) is 11.4. The first-order valence-electron chi connectivity index (χ1n) is 17.5. The summed E-state index contributed by atoms with van der Waals surface area (Å²) < 4.78 is 19.7. The van der Waals surface area contributed by atoms with Crippen molar-refractivity contribution in [2.75, 3.05) is 67.0 Å². The Kier molecular flexibility index (Phi) is 9.89. The van der Waals surface area contributed by atoms with Gasteiger partial charge >= 0.3 is 0 Å². The fraction of sp³-hybridized carbons (Fsp3) is 0.486. The van der Waals surface area contributed by atoms with Crippen molar-refractivity contribution in [2.24, 2.45) is 0 Å². The van der Waals surface area contributed by atoms with Crippen molar-refractivity contribution in [3.05, 3.63) is 71.8 Å². The summed E-state index contributed by atoms with van der Waals surface area (Å²) in [6.45, 7) is 14.0. The Morgan fingerprint density at radius 3 is 2.54 bits per heavy atom. The molecular formula is C37H46ClFN8O3. The Morgan fingerprint density at radius 1 is 1.04 bits per heavy atom. The standard InChI is InChI=1S/C37H46ClFN8O3/c1-5-36(48)43-29-19-30(42-34-21-35(41-23-40-34)47-31(12-17-50-47)24-6-9-28(39)27(38)18-24)33(49-4)20-32(29)44-13-10-25(11-14-44)45-15-16-46(26-7-8-26)37(2,3)22-45/h5-6,9,18-21,23,25-26,31H,1,7-8,10-17,22H2,2-4H3,(H,43,48)(H,40,41,42)/t31-/m1/s1. The lowest BCUT2D eigenvalue weighted by Crippen LogP contribution is -2.62. The van der Waals surface area contributed by atoms with Crippen molar-refractivity contribution in [1.29, 1.82) is 0 Å². The van der Waals surface area contributed by atoms with Crippen LogP contribution in [0, 0.1) is 5.82 Å². The third kappa shape index (κ3) is 7.25. The minimum Gasteiger partial charge on any atom is -0.494 e. The minimum atomic E-state index is -0.468. The van der Waals surface area contributed by atoms with Gasteiger partial charge in [0, 0.05) is 68.9 Å². The quantitative estimate of drug-likeness (QED) is 0.226. The van der Waals surface area contributed by atoms with Crippen molar-refractivity contribution in [3.63, 3.8) is 0 Å². The summed E-state index contributed by atoms with van der Waals surface area (Å²) >= 11 is 6.09. The number of halogens is 2. The van der Waals surface area contributed by atoms with Gasteiger partial charge in [-0.3, -0.25) is 19.4 Å². The van der Waals surface area contributed by atoms with Gasteiger partial charge in [0.2, 0.25) is 5.91 Å². The number of benzene rings is 2. The number of piperidine rings is 1. The zero-order valence-electron chi connectivity index (χ0n) is 29.0. The summed E-state index contributed by atoms with van der Waals surface area (Å²) in [4.78, 5) is 35.2. The molecule has 7 rings (SSSR count). The lowest BCUT2D eigenvalue weighted by Gasteiger charge is -2.51. The van der Waals surface area contributed by atoms with Crippen LogP contribution in [0.5, 0.6) is 5.75 Å². The Bertz CT molecular complexity index is 1730. The van der Waals surface area contributed by atoms with E-state index in [1.807, 2.05) is 12.1 Å². The maximum atomic E-state index is 13.9. The monoisotopic (exact) mass is 704 g/mol. The molecule has 0 spiro atoms. The summed E-state index contributed by atoms with van der Waals surface area (Å²) in [5, 5.41) is 8.14. The molecule has 2 N–H and O–H groups in total. The van der Waals surface area contributed by atoms with Crippen LogP contribution < -0.4 is 25.3 Å². The summed E-state index contributed by atoms with van der Waals surface area (Å²) in [7, 11) is 1.63. The van der Waals surface area contributed by atoms with E-state index in [-0.39, 0.29) is 22.5 Å². The number of carbonyl (C=O) groups is 1. The van der Waals surface area contributed by atoms with Gasteiger partial charge in [0.05, 0.1) is 41.8 Å². The van der Waals surface area contributed by atoms with Crippen molar-refractivity contribution in [2.45, 2.75) is 69.6 Å². The number of methoxy groups -OCH3 is 1. The number of anilines is 5. The van der Waals surface area contributed by atoms with Gasteiger partial charge in [0.15, 0.2) is 5.82 Å². The summed E-state index contributed by atoms with van der Waals surface area (Å²) in [5.41, 5.74) is 3.19. The molecule has 4 fully saturated rings. The highest BCUT2D eigenvalue weighted by atomic mass is 35.5. The first kappa shape index (κ1) is 34.5. The molecule has 0 bridgehead atoms. The van der Waals surface area contributed by atoms with Gasteiger partial charge in [-0.15, -0.1) is 0 Å². The third-order valence-electron chi connectivity index (χ3n) is 10.4. The Morgan fingerprint density at radius 2 is 1.84 bits per heavy atom. The highest BCUT2D eigenvalue weighted by molar-refractivity contribution is 6.30. The average molecular weight is 705 g/mol. The fourth-order valence-electron chi connectivity index (χ4n) is 7.82. The van der Waals surface area contributed by atoms with Gasteiger partial charge in [0.1, 0.15) is 23.7 Å². The topological polar surface area (TPSA) is 98.3 Å². The predicted octanol–water partition coefficient (Wildman–Crippen LogP) is 6.56. The van der Waals surface area contributed by atoms with E-state index in [0.717, 1.165) is 62.9 Å². The first-order chi connectivity index (χ1) is 24.1. The first-order valence-corrected chi connectivity index (χ1v) is 17.9. The number of rotatable bonds is 10.